The van der Waals surface area contributed by atoms with Gasteiger partial charge in [0.2, 0.25) is 0 Å². The maximum Gasteiger partial charge on any atom is 0.407 e. The standard InChI is InChI=1S/C12H17N3O2/c1-10(11-3-2-4-13-9-11)14-5-7-15(8-6-14)12(16)17/h2-4,9-10H,5-8H2,1H3,(H,16,17). The van der Waals surface area contributed by atoms with Gasteiger partial charge in [-0.05, 0) is 18.6 Å². The van der Waals surface area contributed by atoms with Gasteiger partial charge >= 0.3 is 6.09 Å². The number of nitrogens with zero attached hydrogens (tertiary/aromatic N) is 3. The van der Waals surface area contributed by atoms with Gasteiger partial charge in [0.25, 0.3) is 0 Å². The lowest BCUT2D eigenvalue weighted by Crippen LogP contribution is -2.48. The highest BCUT2D eigenvalue weighted by molar-refractivity contribution is 5.65. The van der Waals surface area contributed by atoms with E-state index in [1.165, 1.54) is 10.5 Å². The van der Waals surface area contributed by atoms with E-state index in [4.69, 9.17) is 5.11 Å². The van der Waals surface area contributed by atoms with Crippen LogP contribution in [-0.4, -0.2) is 52.2 Å². The summed E-state index contributed by atoms with van der Waals surface area (Å²) in [5.41, 5.74) is 1.18. The van der Waals surface area contributed by atoms with Gasteiger partial charge in [-0.15, -0.1) is 0 Å². The lowest BCUT2D eigenvalue weighted by molar-refractivity contribution is 0.0888. The summed E-state index contributed by atoms with van der Waals surface area (Å²) in [5, 5.41) is 8.88. The number of piperazine rings is 1. The molecule has 1 unspecified atom stereocenters. The Hall–Kier alpha value is -1.62. The molecular formula is C12H17N3O2. The number of carboxylic acid groups (broad SMARTS) is 1. The van der Waals surface area contributed by atoms with Gasteiger partial charge in [0, 0.05) is 44.6 Å². The van der Waals surface area contributed by atoms with Crippen molar-refractivity contribution in [3.8, 4) is 0 Å². The van der Waals surface area contributed by atoms with E-state index in [1.807, 2.05) is 12.3 Å². The topological polar surface area (TPSA) is 56.7 Å². The largest absolute Gasteiger partial charge is 0.465 e. The summed E-state index contributed by atoms with van der Waals surface area (Å²) in [5.74, 6) is 0. The molecule has 2 rings (SSSR count). The van der Waals surface area contributed by atoms with E-state index in [0.29, 0.717) is 19.1 Å². The number of aromatic nitrogens is 1. The predicted octanol–water partition coefficient (Wildman–Crippen LogP) is 1.44. The van der Waals surface area contributed by atoms with E-state index < -0.39 is 6.09 Å². The number of amides is 1. The van der Waals surface area contributed by atoms with Crippen molar-refractivity contribution in [1.29, 1.82) is 0 Å². The lowest BCUT2D eigenvalue weighted by atomic mass is 10.1. The smallest absolute Gasteiger partial charge is 0.407 e. The molecule has 1 aliphatic rings. The van der Waals surface area contributed by atoms with E-state index in [2.05, 4.69) is 22.9 Å². The van der Waals surface area contributed by atoms with Crippen molar-refractivity contribution in [3.05, 3.63) is 30.1 Å². The Bertz CT molecular complexity index is 375. The second kappa shape index (κ2) is 5.14. The van der Waals surface area contributed by atoms with Crippen LogP contribution < -0.4 is 0 Å². The molecule has 0 aliphatic carbocycles. The van der Waals surface area contributed by atoms with Crippen LogP contribution in [0.2, 0.25) is 0 Å². The highest BCUT2D eigenvalue weighted by atomic mass is 16.4. The Kier molecular flexibility index (Phi) is 3.58. The zero-order chi connectivity index (χ0) is 12.3. The van der Waals surface area contributed by atoms with E-state index in [9.17, 15) is 4.79 Å². The van der Waals surface area contributed by atoms with Gasteiger partial charge < -0.3 is 10.0 Å². The average molecular weight is 235 g/mol. The fraction of sp³-hybridized carbons (Fsp3) is 0.500. The zero-order valence-corrected chi connectivity index (χ0v) is 9.91. The van der Waals surface area contributed by atoms with Crippen LogP contribution in [0.25, 0.3) is 0 Å². The second-order valence-electron chi connectivity index (χ2n) is 4.27. The fourth-order valence-electron chi connectivity index (χ4n) is 2.13. The van der Waals surface area contributed by atoms with Crippen molar-refractivity contribution < 1.29 is 9.90 Å². The third-order valence-electron chi connectivity index (χ3n) is 3.30. The predicted molar refractivity (Wildman–Crippen MR) is 63.8 cm³/mol. The van der Waals surface area contributed by atoms with E-state index in [0.717, 1.165) is 13.1 Å². The van der Waals surface area contributed by atoms with Crippen LogP contribution in [0.1, 0.15) is 18.5 Å². The van der Waals surface area contributed by atoms with Gasteiger partial charge in [-0.25, -0.2) is 4.79 Å². The maximum absolute atomic E-state index is 10.8. The van der Waals surface area contributed by atoms with Crippen LogP contribution in [0, 0.1) is 0 Å². The number of pyridine rings is 1. The normalized spacial score (nSPS) is 19.0. The molecule has 0 bridgehead atoms. The minimum absolute atomic E-state index is 0.291. The van der Waals surface area contributed by atoms with Crippen LogP contribution >= 0.6 is 0 Å². The monoisotopic (exact) mass is 235 g/mol. The maximum atomic E-state index is 10.8. The lowest BCUT2D eigenvalue weighted by Gasteiger charge is -2.36. The first-order chi connectivity index (χ1) is 8.18. The minimum atomic E-state index is -0.821. The summed E-state index contributed by atoms with van der Waals surface area (Å²) in [7, 11) is 0. The highest BCUT2D eigenvalue weighted by Crippen LogP contribution is 2.20. The Morgan fingerprint density at radius 1 is 1.41 bits per heavy atom. The van der Waals surface area contributed by atoms with Crippen LogP contribution in [0.15, 0.2) is 24.5 Å². The summed E-state index contributed by atoms with van der Waals surface area (Å²) in [6, 6.07) is 4.28. The molecule has 17 heavy (non-hydrogen) atoms. The summed E-state index contributed by atoms with van der Waals surface area (Å²) in [6.45, 7) is 4.86. The quantitative estimate of drug-likeness (QED) is 0.842. The summed E-state index contributed by atoms with van der Waals surface area (Å²) in [6.07, 6.45) is 2.81. The summed E-state index contributed by atoms with van der Waals surface area (Å²) >= 11 is 0. The molecule has 1 atom stereocenters. The Morgan fingerprint density at radius 3 is 2.65 bits per heavy atom. The first-order valence-corrected chi connectivity index (χ1v) is 5.80. The first kappa shape index (κ1) is 11.9. The van der Waals surface area contributed by atoms with Crippen LogP contribution in [0.5, 0.6) is 0 Å². The van der Waals surface area contributed by atoms with Crippen molar-refractivity contribution in [3.63, 3.8) is 0 Å². The summed E-state index contributed by atoms with van der Waals surface area (Å²) < 4.78 is 0. The molecule has 5 heteroatoms. The molecular weight excluding hydrogens is 218 g/mol. The molecule has 1 aromatic heterocycles. The first-order valence-electron chi connectivity index (χ1n) is 5.80. The molecule has 1 fully saturated rings. The van der Waals surface area contributed by atoms with Crippen molar-refractivity contribution in [2.45, 2.75) is 13.0 Å². The molecule has 1 aromatic rings. The molecule has 0 spiro atoms. The molecule has 1 saturated heterocycles. The number of hydrogen-bond acceptors (Lipinski definition) is 3. The molecule has 1 N–H and O–H groups in total. The van der Waals surface area contributed by atoms with E-state index in [-0.39, 0.29) is 0 Å². The molecule has 5 nitrogen and oxygen atoms in total. The highest BCUT2D eigenvalue weighted by Gasteiger charge is 2.24. The SMILES string of the molecule is CC(c1cccnc1)N1CCN(C(=O)O)CC1. The van der Waals surface area contributed by atoms with E-state index in [1.54, 1.807) is 6.20 Å². The molecule has 2 heterocycles. The van der Waals surface area contributed by atoms with Gasteiger partial charge in [-0.3, -0.25) is 9.88 Å². The zero-order valence-electron chi connectivity index (χ0n) is 9.91. The van der Waals surface area contributed by atoms with Crippen molar-refractivity contribution >= 4 is 6.09 Å². The summed E-state index contributed by atoms with van der Waals surface area (Å²) in [4.78, 5) is 18.7. The molecule has 0 radical (unpaired) electrons. The molecule has 92 valence electrons. The van der Waals surface area contributed by atoms with Crippen LogP contribution in [0.3, 0.4) is 0 Å². The third kappa shape index (κ3) is 2.74. The Labute approximate surface area is 101 Å². The minimum Gasteiger partial charge on any atom is -0.465 e. The van der Waals surface area contributed by atoms with Gasteiger partial charge in [0.05, 0.1) is 0 Å². The van der Waals surface area contributed by atoms with Crippen LogP contribution in [0.4, 0.5) is 4.79 Å². The van der Waals surface area contributed by atoms with Crippen molar-refractivity contribution in [2.24, 2.45) is 0 Å². The fourth-order valence-corrected chi connectivity index (χ4v) is 2.13. The average Bonchev–Trinajstić information content (AvgIpc) is 2.39. The van der Waals surface area contributed by atoms with Crippen molar-refractivity contribution in [1.82, 2.24) is 14.8 Å². The second-order valence-corrected chi connectivity index (χ2v) is 4.27. The van der Waals surface area contributed by atoms with Gasteiger partial charge in [-0.2, -0.15) is 0 Å². The third-order valence-corrected chi connectivity index (χ3v) is 3.30. The molecule has 0 saturated carbocycles. The van der Waals surface area contributed by atoms with Crippen LogP contribution in [-0.2, 0) is 0 Å². The Balaban J connectivity index is 1.95. The number of hydrogen-bond donors (Lipinski definition) is 1. The Morgan fingerprint density at radius 2 is 2.12 bits per heavy atom. The molecule has 0 aromatic carbocycles. The van der Waals surface area contributed by atoms with Crippen molar-refractivity contribution in [2.75, 3.05) is 26.2 Å². The van der Waals surface area contributed by atoms with Gasteiger partial charge in [-0.1, -0.05) is 6.07 Å². The molecule has 1 amide bonds. The number of carbonyl (C=O) groups is 1. The number of rotatable bonds is 2. The van der Waals surface area contributed by atoms with Gasteiger partial charge in [0.1, 0.15) is 0 Å². The van der Waals surface area contributed by atoms with Gasteiger partial charge in [0.15, 0.2) is 0 Å². The van der Waals surface area contributed by atoms with E-state index >= 15 is 0 Å². The molecule has 1 aliphatic heterocycles.